The van der Waals surface area contributed by atoms with Gasteiger partial charge >= 0.3 is 5.97 Å². The average Bonchev–Trinajstić information content (AvgIpc) is 3.00. The molecule has 0 radical (unpaired) electrons. The summed E-state index contributed by atoms with van der Waals surface area (Å²) in [5.74, 6) is 1.20. The van der Waals surface area contributed by atoms with Gasteiger partial charge in [0.2, 0.25) is 0 Å². The molecule has 1 aliphatic carbocycles. The molecular formula is C17H22O4. The number of carbonyl (C=O) groups excluding carboxylic acids is 1. The fourth-order valence-corrected chi connectivity index (χ4v) is 2.49. The first-order valence-corrected chi connectivity index (χ1v) is 7.31. The summed E-state index contributed by atoms with van der Waals surface area (Å²) in [6.07, 6.45) is 8.84. The molecule has 0 saturated heterocycles. The minimum Gasteiger partial charge on any atom is -0.493 e. The summed E-state index contributed by atoms with van der Waals surface area (Å²) in [6, 6.07) is 5.87. The Morgan fingerprint density at radius 2 is 2.00 bits per heavy atom. The van der Waals surface area contributed by atoms with E-state index in [9.17, 15) is 4.79 Å². The predicted octanol–water partition coefficient (Wildman–Crippen LogP) is 3.29. The van der Waals surface area contributed by atoms with E-state index in [1.807, 2.05) is 18.2 Å². The maximum Gasteiger partial charge on any atom is 0.330 e. The van der Waals surface area contributed by atoms with Crippen molar-refractivity contribution >= 4 is 5.97 Å². The second-order valence-electron chi connectivity index (χ2n) is 5.14. The lowest BCUT2D eigenvalue weighted by Crippen LogP contribution is -2.11. The molecule has 2 rings (SSSR count). The number of rotatable bonds is 6. The van der Waals surface area contributed by atoms with Crippen molar-refractivity contribution in [2.75, 3.05) is 14.2 Å². The van der Waals surface area contributed by atoms with Crippen molar-refractivity contribution in [3.8, 4) is 11.5 Å². The zero-order chi connectivity index (χ0) is 15.1. The quantitative estimate of drug-likeness (QED) is 0.595. The highest BCUT2D eigenvalue weighted by Crippen LogP contribution is 2.32. The smallest absolute Gasteiger partial charge is 0.330 e. The van der Waals surface area contributed by atoms with E-state index in [2.05, 4.69) is 4.74 Å². The molecule has 0 spiro atoms. The number of esters is 1. The Bertz CT molecular complexity index is 502. The van der Waals surface area contributed by atoms with E-state index in [1.54, 1.807) is 13.2 Å². The molecule has 114 valence electrons. The van der Waals surface area contributed by atoms with E-state index in [0.717, 1.165) is 29.9 Å². The van der Waals surface area contributed by atoms with Crippen LogP contribution in [-0.4, -0.2) is 26.3 Å². The summed E-state index contributed by atoms with van der Waals surface area (Å²) in [7, 11) is 3.02. The first-order valence-electron chi connectivity index (χ1n) is 7.31. The van der Waals surface area contributed by atoms with Gasteiger partial charge in [0, 0.05) is 6.08 Å². The number of carbonyl (C=O) groups is 1. The number of hydrogen-bond acceptors (Lipinski definition) is 4. The largest absolute Gasteiger partial charge is 0.493 e. The lowest BCUT2D eigenvalue weighted by molar-refractivity contribution is -0.134. The van der Waals surface area contributed by atoms with Gasteiger partial charge in [-0.15, -0.1) is 0 Å². The van der Waals surface area contributed by atoms with Crippen LogP contribution in [0.4, 0.5) is 0 Å². The van der Waals surface area contributed by atoms with Crippen LogP contribution in [0.15, 0.2) is 30.4 Å². The highest BCUT2D eigenvalue weighted by Gasteiger charge is 2.18. The first-order chi connectivity index (χ1) is 10.2. The van der Waals surface area contributed by atoms with Gasteiger partial charge < -0.3 is 14.2 Å². The van der Waals surface area contributed by atoms with Gasteiger partial charge in [-0.3, -0.25) is 0 Å². The molecule has 0 amide bonds. The molecule has 0 N–H and O–H groups in total. The molecule has 1 saturated carbocycles. The Hall–Kier alpha value is -1.97. The minimum absolute atomic E-state index is 0.291. The second kappa shape index (κ2) is 7.72. The zero-order valence-electron chi connectivity index (χ0n) is 12.6. The average molecular weight is 290 g/mol. The first kappa shape index (κ1) is 15.4. The topological polar surface area (TPSA) is 44.8 Å². The van der Waals surface area contributed by atoms with Crippen LogP contribution in [0.1, 0.15) is 31.2 Å². The molecule has 1 aromatic rings. The van der Waals surface area contributed by atoms with Gasteiger partial charge in [0.15, 0.2) is 11.5 Å². The van der Waals surface area contributed by atoms with Gasteiger partial charge in [0.05, 0.1) is 20.3 Å². The SMILES string of the molecule is COC(=O)/C=C/Cc1ccc(OC)c(OC2CCCC2)c1. The normalized spacial score (nSPS) is 15.3. The Morgan fingerprint density at radius 1 is 1.24 bits per heavy atom. The van der Waals surface area contributed by atoms with Crippen molar-refractivity contribution in [3.05, 3.63) is 35.9 Å². The Kier molecular flexibility index (Phi) is 5.67. The van der Waals surface area contributed by atoms with E-state index in [0.29, 0.717) is 12.5 Å². The lowest BCUT2D eigenvalue weighted by Gasteiger charge is -2.16. The van der Waals surface area contributed by atoms with Crippen molar-refractivity contribution in [3.63, 3.8) is 0 Å². The molecule has 0 bridgehead atoms. The lowest BCUT2D eigenvalue weighted by atomic mass is 10.1. The zero-order valence-corrected chi connectivity index (χ0v) is 12.6. The number of methoxy groups -OCH3 is 2. The second-order valence-corrected chi connectivity index (χ2v) is 5.14. The molecule has 0 aromatic heterocycles. The molecule has 1 aliphatic rings. The third-order valence-electron chi connectivity index (χ3n) is 3.63. The van der Waals surface area contributed by atoms with E-state index >= 15 is 0 Å². The monoisotopic (exact) mass is 290 g/mol. The molecule has 1 fully saturated rings. The molecule has 21 heavy (non-hydrogen) atoms. The third kappa shape index (κ3) is 4.52. The molecule has 0 aliphatic heterocycles. The van der Waals surface area contributed by atoms with E-state index in [4.69, 9.17) is 9.47 Å². The summed E-state index contributed by atoms with van der Waals surface area (Å²) < 4.78 is 16.0. The van der Waals surface area contributed by atoms with Crippen LogP contribution in [-0.2, 0) is 16.0 Å². The number of benzene rings is 1. The summed E-state index contributed by atoms with van der Waals surface area (Å²) in [5.41, 5.74) is 1.07. The van der Waals surface area contributed by atoms with Crippen LogP contribution in [0.25, 0.3) is 0 Å². The van der Waals surface area contributed by atoms with Crippen molar-refractivity contribution in [1.29, 1.82) is 0 Å². The minimum atomic E-state index is -0.342. The highest BCUT2D eigenvalue weighted by molar-refractivity contribution is 5.81. The van der Waals surface area contributed by atoms with Crippen LogP contribution < -0.4 is 9.47 Å². The number of ether oxygens (including phenoxy) is 3. The molecule has 4 heteroatoms. The van der Waals surface area contributed by atoms with Gasteiger partial charge in [-0.1, -0.05) is 12.1 Å². The van der Waals surface area contributed by atoms with Gasteiger partial charge in [-0.2, -0.15) is 0 Å². The Morgan fingerprint density at radius 3 is 2.67 bits per heavy atom. The van der Waals surface area contributed by atoms with Crippen molar-refractivity contribution in [2.45, 2.75) is 38.2 Å². The molecule has 1 aromatic carbocycles. The van der Waals surface area contributed by atoms with Crippen molar-refractivity contribution in [1.82, 2.24) is 0 Å². The van der Waals surface area contributed by atoms with Crippen molar-refractivity contribution in [2.24, 2.45) is 0 Å². The van der Waals surface area contributed by atoms with Crippen molar-refractivity contribution < 1.29 is 19.0 Å². The summed E-state index contributed by atoms with van der Waals surface area (Å²) >= 11 is 0. The molecule has 0 heterocycles. The molecular weight excluding hydrogens is 268 g/mol. The fourth-order valence-electron chi connectivity index (χ4n) is 2.49. The maximum atomic E-state index is 11.0. The van der Waals surface area contributed by atoms with Gasteiger partial charge in [-0.25, -0.2) is 4.79 Å². The predicted molar refractivity (Wildman–Crippen MR) is 80.7 cm³/mol. The molecule has 4 nitrogen and oxygen atoms in total. The van der Waals surface area contributed by atoms with Crippen LogP contribution in [0.3, 0.4) is 0 Å². The van der Waals surface area contributed by atoms with Crippen LogP contribution in [0.5, 0.6) is 11.5 Å². The van der Waals surface area contributed by atoms with E-state index in [1.165, 1.54) is 26.0 Å². The Balaban J connectivity index is 2.05. The third-order valence-corrected chi connectivity index (χ3v) is 3.63. The highest BCUT2D eigenvalue weighted by atomic mass is 16.5. The summed E-state index contributed by atoms with van der Waals surface area (Å²) in [5, 5.41) is 0. The van der Waals surface area contributed by atoms with Gasteiger partial charge in [0.1, 0.15) is 0 Å². The van der Waals surface area contributed by atoms with Gasteiger partial charge in [0.25, 0.3) is 0 Å². The van der Waals surface area contributed by atoms with E-state index in [-0.39, 0.29) is 5.97 Å². The maximum absolute atomic E-state index is 11.0. The number of hydrogen-bond donors (Lipinski definition) is 0. The number of allylic oxidation sites excluding steroid dienone is 1. The Labute approximate surface area is 125 Å². The van der Waals surface area contributed by atoms with E-state index < -0.39 is 0 Å². The van der Waals surface area contributed by atoms with Crippen LogP contribution in [0, 0.1) is 0 Å². The standard InChI is InChI=1S/C17H22O4/c1-19-15-11-10-13(6-5-9-17(18)20-2)12-16(15)21-14-7-3-4-8-14/h5,9-12,14H,3-4,6-8H2,1-2H3/b9-5+. The summed E-state index contributed by atoms with van der Waals surface area (Å²) in [4.78, 5) is 11.0. The molecule has 0 atom stereocenters. The van der Waals surface area contributed by atoms with Crippen LogP contribution >= 0.6 is 0 Å². The molecule has 0 unspecified atom stereocenters. The van der Waals surface area contributed by atoms with Gasteiger partial charge in [-0.05, 0) is 49.8 Å². The summed E-state index contributed by atoms with van der Waals surface area (Å²) in [6.45, 7) is 0. The van der Waals surface area contributed by atoms with Crippen LogP contribution in [0.2, 0.25) is 0 Å². The fraction of sp³-hybridized carbons (Fsp3) is 0.471.